The lowest BCUT2D eigenvalue weighted by Gasteiger charge is -2.24. The lowest BCUT2D eigenvalue weighted by Crippen LogP contribution is -2.39. The summed E-state index contributed by atoms with van der Waals surface area (Å²) in [6.07, 6.45) is 3.53. The molecule has 1 unspecified atom stereocenters. The van der Waals surface area contributed by atoms with Gasteiger partial charge in [-0.05, 0) is 43.5 Å². The Balaban J connectivity index is 1.53. The molecule has 22 heavy (non-hydrogen) atoms. The molecule has 3 rings (SSSR count). The molecular weight excluding hydrogens is 268 g/mol. The highest BCUT2D eigenvalue weighted by Gasteiger charge is 2.17. The van der Waals surface area contributed by atoms with Crippen molar-refractivity contribution >= 4 is 0 Å². The molecule has 0 saturated carbocycles. The minimum Gasteiger partial charge on any atom is -0.312 e. The topological polar surface area (TPSA) is 15.3 Å². The van der Waals surface area contributed by atoms with Crippen LogP contribution in [0.25, 0.3) is 0 Å². The fraction of sp³-hybridized carbons (Fsp3) is 0.400. The summed E-state index contributed by atoms with van der Waals surface area (Å²) >= 11 is 0. The third kappa shape index (κ3) is 4.69. The average Bonchev–Trinajstić information content (AvgIpc) is 2.80. The van der Waals surface area contributed by atoms with Crippen LogP contribution in [0.5, 0.6) is 0 Å². The number of hydrogen-bond acceptors (Lipinski definition) is 2. The molecule has 1 atom stereocenters. The first-order chi connectivity index (χ1) is 10.9. The molecule has 1 saturated heterocycles. The van der Waals surface area contributed by atoms with Gasteiger partial charge in [0.05, 0.1) is 0 Å². The smallest absolute Gasteiger partial charge is 0.0235 e. The Morgan fingerprint density at radius 2 is 1.59 bits per heavy atom. The number of nitrogens with zero attached hydrogens (tertiary/aromatic N) is 1. The fourth-order valence-corrected chi connectivity index (χ4v) is 3.25. The lowest BCUT2D eigenvalue weighted by molar-refractivity contribution is 0.270. The van der Waals surface area contributed by atoms with Crippen LogP contribution in [-0.2, 0) is 12.8 Å². The first-order valence-electron chi connectivity index (χ1n) is 8.44. The summed E-state index contributed by atoms with van der Waals surface area (Å²) in [6.45, 7) is 4.67. The zero-order chi connectivity index (χ0) is 15.0. The van der Waals surface area contributed by atoms with Gasteiger partial charge in [-0.1, -0.05) is 60.7 Å². The van der Waals surface area contributed by atoms with Crippen LogP contribution >= 0.6 is 0 Å². The predicted octanol–water partition coefficient (Wildman–Crippen LogP) is 3.14. The van der Waals surface area contributed by atoms with E-state index >= 15 is 0 Å². The molecular formula is C20H26N2. The Hall–Kier alpha value is -1.64. The minimum atomic E-state index is 0.570. The van der Waals surface area contributed by atoms with Gasteiger partial charge in [0.15, 0.2) is 0 Å². The monoisotopic (exact) mass is 294 g/mol. The van der Waals surface area contributed by atoms with Gasteiger partial charge in [0, 0.05) is 19.1 Å². The summed E-state index contributed by atoms with van der Waals surface area (Å²) in [5.41, 5.74) is 2.88. The highest BCUT2D eigenvalue weighted by atomic mass is 15.2. The molecule has 116 valence electrons. The first-order valence-corrected chi connectivity index (χ1v) is 8.44. The van der Waals surface area contributed by atoms with E-state index < -0.39 is 0 Å². The molecule has 1 aliphatic heterocycles. The van der Waals surface area contributed by atoms with Gasteiger partial charge < -0.3 is 10.2 Å². The van der Waals surface area contributed by atoms with Crippen LogP contribution < -0.4 is 5.32 Å². The molecule has 2 aromatic rings. The van der Waals surface area contributed by atoms with Gasteiger partial charge in [-0.15, -0.1) is 0 Å². The second-order valence-corrected chi connectivity index (χ2v) is 6.23. The summed E-state index contributed by atoms with van der Waals surface area (Å²) in [5.74, 6) is 0. The summed E-state index contributed by atoms with van der Waals surface area (Å²) in [6, 6.07) is 22.2. The van der Waals surface area contributed by atoms with Crippen LogP contribution in [0.3, 0.4) is 0 Å². The maximum atomic E-state index is 3.72. The van der Waals surface area contributed by atoms with Crippen LogP contribution in [0.15, 0.2) is 60.7 Å². The molecule has 2 aromatic carbocycles. The molecule has 0 amide bonds. The van der Waals surface area contributed by atoms with Crippen molar-refractivity contribution in [1.29, 1.82) is 0 Å². The van der Waals surface area contributed by atoms with Crippen molar-refractivity contribution in [2.24, 2.45) is 0 Å². The Morgan fingerprint density at radius 1 is 0.909 bits per heavy atom. The van der Waals surface area contributed by atoms with E-state index in [9.17, 15) is 0 Å². The zero-order valence-electron chi connectivity index (χ0n) is 13.2. The maximum absolute atomic E-state index is 3.72. The maximum Gasteiger partial charge on any atom is 0.0235 e. The summed E-state index contributed by atoms with van der Waals surface area (Å²) in [7, 11) is 0. The molecule has 0 aliphatic carbocycles. The van der Waals surface area contributed by atoms with Crippen LogP contribution in [-0.4, -0.2) is 37.1 Å². The van der Waals surface area contributed by atoms with Gasteiger partial charge in [-0.2, -0.15) is 0 Å². The second-order valence-electron chi connectivity index (χ2n) is 6.23. The van der Waals surface area contributed by atoms with Crippen LogP contribution in [0.4, 0.5) is 0 Å². The standard InChI is InChI=1S/C20H26N2/c1-3-8-18(9-4-1)12-15-22-14-7-13-21-20(17-22)16-19-10-5-2-6-11-19/h1-6,8-11,20-21H,7,12-17H2. The molecule has 2 nitrogen and oxygen atoms in total. The van der Waals surface area contributed by atoms with E-state index in [1.807, 2.05) is 0 Å². The van der Waals surface area contributed by atoms with Crippen molar-refractivity contribution in [3.8, 4) is 0 Å². The van der Waals surface area contributed by atoms with E-state index in [0.29, 0.717) is 6.04 Å². The third-order valence-corrected chi connectivity index (χ3v) is 4.45. The largest absolute Gasteiger partial charge is 0.312 e. The minimum absolute atomic E-state index is 0.570. The Morgan fingerprint density at radius 3 is 2.32 bits per heavy atom. The Bertz CT molecular complexity index is 538. The average molecular weight is 294 g/mol. The molecule has 1 aliphatic rings. The molecule has 2 heteroatoms. The summed E-state index contributed by atoms with van der Waals surface area (Å²) in [5, 5.41) is 3.72. The van der Waals surface area contributed by atoms with Gasteiger partial charge in [-0.3, -0.25) is 0 Å². The molecule has 1 heterocycles. The number of nitrogens with one attached hydrogen (secondary N) is 1. The number of rotatable bonds is 5. The van der Waals surface area contributed by atoms with E-state index in [4.69, 9.17) is 0 Å². The van der Waals surface area contributed by atoms with Crippen molar-refractivity contribution in [3.63, 3.8) is 0 Å². The van der Waals surface area contributed by atoms with E-state index in [-0.39, 0.29) is 0 Å². The second kappa shape index (κ2) is 8.11. The van der Waals surface area contributed by atoms with Crippen molar-refractivity contribution in [3.05, 3.63) is 71.8 Å². The van der Waals surface area contributed by atoms with Crippen molar-refractivity contribution in [2.75, 3.05) is 26.2 Å². The van der Waals surface area contributed by atoms with Gasteiger partial charge in [0.25, 0.3) is 0 Å². The van der Waals surface area contributed by atoms with Crippen molar-refractivity contribution < 1.29 is 0 Å². The molecule has 0 spiro atoms. The summed E-state index contributed by atoms with van der Waals surface area (Å²) in [4.78, 5) is 2.63. The Labute approximate surface area is 134 Å². The van der Waals surface area contributed by atoms with Crippen LogP contribution in [0.1, 0.15) is 17.5 Å². The normalized spacial score (nSPS) is 19.7. The van der Waals surface area contributed by atoms with Crippen molar-refractivity contribution in [1.82, 2.24) is 10.2 Å². The molecule has 0 bridgehead atoms. The zero-order valence-corrected chi connectivity index (χ0v) is 13.2. The number of benzene rings is 2. The predicted molar refractivity (Wildman–Crippen MR) is 93.1 cm³/mol. The molecule has 0 aromatic heterocycles. The Kier molecular flexibility index (Phi) is 5.63. The van der Waals surface area contributed by atoms with E-state index in [1.165, 1.54) is 24.1 Å². The van der Waals surface area contributed by atoms with Crippen LogP contribution in [0, 0.1) is 0 Å². The molecule has 1 fully saturated rings. The van der Waals surface area contributed by atoms with Gasteiger partial charge in [0.2, 0.25) is 0 Å². The molecule has 0 radical (unpaired) electrons. The highest BCUT2D eigenvalue weighted by molar-refractivity contribution is 5.16. The summed E-state index contributed by atoms with van der Waals surface area (Å²) < 4.78 is 0. The van der Waals surface area contributed by atoms with E-state index in [2.05, 4.69) is 70.9 Å². The molecule has 1 N–H and O–H groups in total. The highest BCUT2D eigenvalue weighted by Crippen LogP contribution is 2.09. The number of hydrogen-bond donors (Lipinski definition) is 1. The quantitative estimate of drug-likeness (QED) is 0.911. The van der Waals surface area contributed by atoms with E-state index in [1.54, 1.807) is 0 Å². The van der Waals surface area contributed by atoms with Crippen LogP contribution in [0.2, 0.25) is 0 Å². The lowest BCUT2D eigenvalue weighted by atomic mass is 10.1. The van der Waals surface area contributed by atoms with Gasteiger partial charge in [-0.25, -0.2) is 0 Å². The van der Waals surface area contributed by atoms with Gasteiger partial charge in [0.1, 0.15) is 0 Å². The third-order valence-electron chi connectivity index (χ3n) is 4.45. The first kappa shape index (κ1) is 15.3. The van der Waals surface area contributed by atoms with Gasteiger partial charge >= 0.3 is 0 Å². The fourth-order valence-electron chi connectivity index (χ4n) is 3.25. The van der Waals surface area contributed by atoms with Crippen molar-refractivity contribution in [2.45, 2.75) is 25.3 Å². The van der Waals surface area contributed by atoms with E-state index in [0.717, 1.165) is 32.5 Å². The SMILES string of the molecule is c1ccc(CCN2CCCNC(Cc3ccccc3)C2)cc1.